The quantitative estimate of drug-likeness (QED) is 0.778. The zero-order valence-corrected chi connectivity index (χ0v) is 11.3. The van der Waals surface area contributed by atoms with Gasteiger partial charge in [-0.2, -0.15) is 0 Å². The minimum Gasteiger partial charge on any atom is -0.393 e. The molecule has 0 radical (unpaired) electrons. The number of rotatable bonds is 6. The number of nitrogens with one attached hydrogen (secondary N) is 1. The summed E-state index contributed by atoms with van der Waals surface area (Å²) in [6, 6.07) is 1.99. The van der Waals surface area contributed by atoms with Gasteiger partial charge in [-0.1, -0.05) is 0 Å². The van der Waals surface area contributed by atoms with Crippen LogP contribution in [0.3, 0.4) is 0 Å². The molecule has 2 aromatic rings. The van der Waals surface area contributed by atoms with Crippen LogP contribution in [0.5, 0.6) is 0 Å². The first kappa shape index (κ1) is 13.1. The Morgan fingerprint density at radius 2 is 2.25 bits per heavy atom. The second-order valence-corrected chi connectivity index (χ2v) is 5.23. The first-order valence-electron chi connectivity index (χ1n) is 7.01. The summed E-state index contributed by atoms with van der Waals surface area (Å²) in [6.07, 6.45) is 9.66. The smallest absolute Gasteiger partial charge is 0.129 e. The molecule has 3 rings (SSSR count). The Labute approximate surface area is 117 Å². The summed E-state index contributed by atoms with van der Waals surface area (Å²) in [7, 11) is 0. The summed E-state index contributed by atoms with van der Waals surface area (Å²) >= 11 is 0. The Bertz CT molecular complexity index is 536. The molecule has 106 valence electrons. The van der Waals surface area contributed by atoms with Crippen molar-refractivity contribution in [2.24, 2.45) is 0 Å². The van der Waals surface area contributed by atoms with Crippen molar-refractivity contribution in [2.75, 3.05) is 11.9 Å². The second kappa shape index (κ2) is 6.00. The van der Waals surface area contributed by atoms with Crippen LogP contribution >= 0.6 is 0 Å². The Hall–Kier alpha value is -1.95. The van der Waals surface area contributed by atoms with Gasteiger partial charge in [0.25, 0.3) is 0 Å². The van der Waals surface area contributed by atoms with E-state index in [2.05, 4.69) is 24.8 Å². The van der Waals surface area contributed by atoms with Crippen LogP contribution in [0.2, 0.25) is 0 Å². The SMILES string of the molecule is OC1CC(c2cc(NCCCn3ccnc3)ncn2)C1. The molecular weight excluding hydrogens is 254 g/mol. The fraction of sp³-hybridized carbons (Fsp3) is 0.500. The third-order valence-corrected chi connectivity index (χ3v) is 3.68. The number of imidazole rings is 1. The van der Waals surface area contributed by atoms with E-state index in [9.17, 15) is 5.11 Å². The fourth-order valence-corrected chi connectivity index (χ4v) is 2.42. The molecule has 2 aromatic heterocycles. The van der Waals surface area contributed by atoms with Gasteiger partial charge in [-0.25, -0.2) is 15.0 Å². The Morgan fingerprint density at radius 1 is 1.35 bits per heavy atom. The molecule has 0 aromatic carbocycles. The normalized spacial score (nSPS) is 21.4. The van der Waals surface area contributed by atoms with Gasteiger partial charge in [0.2, 0.25) is 0 Å². The van der Waals surface area contributed by atoms with Crippen molar-refractivity contribution >= 4 is 5.82 Å². The van der Waals surface area contributed by atoms with Crippen molar-refractivity contribution in [2.45, 2.75) is 37.8 Å². The first-order chi connectivity index (χ1) is 9.81. The number of aliphatic hydroxyl groups excluding tert-OH is 1. The topological polar surface area (TPSA) is 75.9 Å². The molecular formula is C14H19N5O. The number of aromatic nitrogens is 4. The average molecular weight is 273 g/mol. The molecule has 0 bridgehead atoms. The lowest BCUT2D eigenvalue weighted by molar-refractivity contribution is 0.0732. The predicted octanol–water partition coefficient (Wildman–Crippen LogP) is 1.41. The van der Waals surface area contributed by atoms with Gasteiger partial charge < -0.3 is 15.0 Å². The van der Waals surface area contributed by atoms with Gasteiger partial charge >= 0.3 is 0 Å². The van der Waals surface area contributed by atoms with E-state index in [4.69, 9.17) is 0 Å². The van der Waals surface area contributed by atoms with Crippen LogP contribution in [-0.2, 0) is 6.54 Å². The van der Waals surface area contributed by atoms with Gasteiger partial charge in [0, 0.05) is 43.2 Å². The standard InChI is InChI=1S/C14H19N5O/c20-12-6-11(7-12)13-8-14(18-9-17-13)16-2-1-4-19-5-3-15-10-19/h3,5,8-12,20H,1-2,4,6-7H2,(H,16,17,18). The Kier molecular flexibility index (Phi) is 3.92. The average Bonchev–Trinajstić information content (AvgIpc) is 2.94. The van der Waals surface area contributed by atoms with Gasteiger partial charge in [-0.05, 0) is 19.3 Å². The number of hydrogen-bond acceptors (Lipinski definition) is 5. The van der Waals surface area contributed by atoms with Crippen LogP contribution < -0.4 is 5.32 Å². The van der Waals surface area contributed by atoms with E-state index < -0.39 is 0 Å². The zero-order chi connectivity index (χ0) is 13.8. The molecule has 6 heteroatoms. The molecule has 20 heavy (non-hydrogen) atoms. The molecule has 0 unspecified atom stereocenters. The largest absolute Gasteiger partial charge is 0.393 e. The summed E-state index contributed by atoms with van der Waals surface area (Å²) in [4.78, 5) is 12.5. The third-order valence-electron chi connectivity index (χ3n) is 3.68. The summed E-state index contributed by atoms with van der Waals surface area (Å²) < 4.78 is 2.06. The van der Waals surface area contributed by atoms with Gasteiger partial charge in [0.05, 0.1) is 12.4 Å². The Morgan fingerprint density at radius 3 is 3.00 bits per heavy atom. The van der Waals surface area contributed by atoms with Gasteiger partial charge in [0.1, 0.15) is 12.1 Å². The highest BCUT2D eigenvalue weighted by atomic mass is 16.3. The van der Waals surface area contributed by atoms with Crippen LogP contribution in [0, 0.1) is 0 Å². The van der Waals surface area contributed by atoms with E-state index in [1.165, 1.54) is 0 Å². The summed E-state index contributed by atoms with van der Waals surface area (Å²) in [6.45, 7) is 1.81. The number of nitrogens with zero attached hydrogens (tertiary/aromatic N) is 4. The van der Waals surface area contributed by atoms with Crippen molar-refractivity contribution in [1.29, 1.82) is 0 Å². The Balaban J connectivity index is 1.46. The maximum Gasteiger partial charge on any atom is 0.129 e. The number of aryl methyl sites for hydroxylation is 1. The van der Waals surface area contributed by atoms with E-state index in [1.54, 1.807) is 12.5 Å². The molecule has 6 nitrogen and oxygen atoms in total. The fourth-order valence-electron chi connectivity index (χ4n) is 2.42. The lowest BCUT2D eigenvalue weighted by Gasteiger charge is -2.30. The molecule has 0 atom stereocenters. The molecule has 1 aliphatic carbocycles. The van der Waals surface area contributed by atoms with E-state index in [0.717, 1.165) is 43.9 Å². The summed E-state index contributed by atoms with van der Waals surface area (Å²) in [5.41, 5.74) is 1.03. The number of aliphatic hydroxyl groups is 1. The number of anilines is 1. The molecule has 1 fully saturated rings. The van der Waals surface area contributed by atoms with Gasteiger partial charge in [-0.3, -0.25) is 0 Å². The summed E-state index contributed by atoms with van der Waals surface area (Å²) in [5, 5.41) is 12.7. The lowest BCUT2D eigenvalue weighted by Crippen LogP contribution is -2.27. The van der Waals surface area contributed by atoms with E-state index in [1.807, 2.05) is 18.6 Å². The predicted molar refractivity (Wildman–Crippen MR) is 75.3 cm³/mol. The number of hydrogen-bond donors (Lipinski definition) is 2. The molecule has 1 aliphatic rings. The van der Waals surface area contributed by atoms with Crippen LogP contribution in [0.4, 0.5) is 5.82 Å². The first-order valence-corrected chi connectivity index (χ1v) is 7.01. The zero-order valence-electron chi connectivity index (χ0n) is 11.3. The molecule has 0 saturated heterocycles. The molecule has 0 amide bonds. The van der Waals surface area contributed by atoms with Crippen molar-refractivity contribution in [3.63, 3.8) is 0 Å². The van der Waals surface area contributed by atoms with E-state index >= 15 is 0 Å². The highest BCUT2D eigenvalue weighted by molar-refractivity contribution is 5.36. The lowest BCUT2D eigenvalue weighted by atomic mass is 9.80. The van der Waals surface area contributed by atoms with Crippen LogP contribution in [0.25, 0.3) is 0 Å². The second-order valence-electron chi connectivity index (χ2n) is 5.23. The third kappa shape index (κ3) is 3.14. The van der Waals surface area contributed by atoms with Crippen LogP contribution in [0.1, 0.15) is 30.9 Å². The molecule has 1 saturated carbocycles. The highest BCUT2D eigenvalue weighted by Gasteiger charge is 2.29. The molecule has 0 aliphatic heterocycles. The maximum absolute atomic E-state index is 9.35. The monoisotopic (exact) mass is 273 g/mol. The van der Waals surface area contributed by atoms with Crippen molar-refractivity contribution in [1.82, 2.24) is 19.5 Å². The van der Waals surface area contributed by atoms with Crippen molar-refractivity contribution in [3.8, 4) is 0 Å². The van der Waals surface area contributed by atoms with Crippen LogP contribution in [-0.4, -0.2) is 37.3 Å². The van der Waals surface area contributed by atoms with Crippen molar-refractivity contribution in [3.05, 3.63) is 36.8 Å². The van der Waals surface area contributed by atoms with Gasteiger partial charge in [0.15, 0.2) is 0 Å². The van der Waals surface area contributed by atoms with E-state index in [0.29, 0.717) is 5.92 Å². The van der Waals surface area contributed by atoms with E-state index in [-0.39, 0.29) is 6.10 Å². The summed E-state index contributed by atoms with van der Waals surface area (Å²) in [5.74, 6) is 1.25. The molecule has 2 N–H and O–H groups in total. The minimum absolute atomic E-state index is 0.151. The minimum atomic E-state index is -0.151. The van der Waals surface area contributed by atoms with Gasteiger partial charge in [-0.15, -0.1) is 0 Å². The van der Waals surface area contributed by atoms with Crippen molar-refractivity contribution < 1.29 is 5.11 Å². The molecule has 2 heterocycles. The maximum atomic E-state index is 9.35. The van der Waals surface area contributed by atoms with Crippen LogP contribution in [0.15, 0.2) is 31.1 Å². The highest BCUT2D eigenvalue weighted by Crippen LogP contribution is 2.35. The molecule has 0 spiro atoms.